The summed E-state index contributed by atoms with van der Waals surface area (Å²) in [6.45, 7) is 0.259. The summed E-state index contributed by atoms with van der Waals surface area (Å²) in [5.41, 5.74) is 0.558. The molecule has 0 spiro atoms. The minimum absolute atomic E-state index is 0.0831. The third-order valence-corrected chi connectivity index (χ3v) is 5.40. The fraction of sp³-hybridized carbons (Fsp3) is 0.250. The van der Waals surface area contributed by atoms with Crippen molar-refractivity contribution in [2.24, 2.45) is 0 Å². The van der Waals surface area contributed by atoms with Crippen molar-refractivity contribution in [3.05, 3.63) is 48.3 Å². The molecule has 2 aromatic carbocycles. The van der Waals surface area contributed by atoms with Crippen LogP contribution in [-0.4, -0.2) is 47.4 Å². The number of anilines is 1. The molecule has 1 atom stereocenters. The van der Waals surface area contributed by atoms with Crippen molar-refractivity contribution in [3.8, 4) is 23.0 Å². The number of nitrogens with two attached hydrogens (primary N) is 1. The largest absolute Gasteiger partial charge is 0.497 e. The standard InChI is InChI=1S/C20H21N5O5S/c1-27-13-7-12(8-14(9-13)28-2)22-18(26)11-31-20-24-23-19(25(20)21)17-10-29-15-5-3-4-6-16(15)30-17/h3-9,17H,10-11,21H2,1-2H3,(H,22,26)/t17-/m0/s1. The lowest BCUT2D eigenvalue weighted by Crippen LogP contribution is -2.27. The molecule has 0 radical (unpaired) electrons. The van der Waals surface area contributed by atoms with E-state index in [1.54, 1.807) is 32.4 Å². The van der Waals surface area contributed by atoms with Gasteiger partial charge in [0.15, 0.2) is 23.4 Å². The molecule has 1 aliphatic heterocycles. The van der Waals surface area contributed by atoms with E-state index in [1.807, 2.05) is 24.3 Å². The summed E-state index contributed by atoms with van der Waals surface area (Å²) < 4.78 is 23.4. The molecule has 0 unspecified atom stereocenters. The molecule has 4 rings (SSSR count). The number of carbonyl (C=O) groups is 1. The number of aromatic nitrogens is 3. The Hall–Kier alpha value is -3.60. The molecule has 162 valence electrons. The van der Waals surface area contributed by atoms with E-state index in [-0.39, 0.29) is 18.3 Å². The predicted octanol–water partition coefficient (Wildman–Crippen LogP) is 2.25. The van der Waals surface area contributed by atoms with Crippen LogP contribution in [0.1, 0.15) is 11.9 Å². The number of carbonyl (C=O) groups excluding carboxylic acids is 1. The maximum Gasteiger partial charge on any atom is 0.234 e. The minimum atomic E-state index is -0.500. The molecular weight excluding hydrogens is 422 g/mol. The van der Waals surface area contributed by atoms with E-state index in [4.69, 9.17) is 24.8 Å². The van der Waals surface area contributed by atoms with Crippen molar-refractivity contribution in [1.29, 1.82) is 0 Å². The van der Waals surface area contributed by atoms with Crippen molar-refractivity contribution in [2.75, 3.05) is 37.7 Å². The summed E-state index contributed by atoms with van der Waals surface area (Å²) in [4.78, 5) is 12.4. The van der Waals surface area contributed by atoms with Crippen LogP contribution in [0.25, 0.3) is 0 Å². The van der Waals surface area contributed by atoms with Gasteiger partial charge in [-0.05, 0) is 12.1 Å². The Morgan fingerprint density at radius 1 is 1.19 bits per heavy atom. The second kappa shape index (κ2) is 9.04. The Kier molecular flexibility index (Phi) is 6.03. The highest BCUT2D eigenvalue weighted by Gasteiger charge is 2.28. The van der Waals surface area contributed by atoms with Gasteiger partial charge in [-0.2, -0.15) is 0 Å². The lowest BCUT2D eigenvalue weighted by Gasteiger charge is -2.25. The van der Waals surface area contributed by atoms with Crippen LogP contribution in [0.2, 0.25) is 0 Å². The molecule has 0 bridgehead atoms. The lowest BCUT2D eigenvalue weighted by atomic mass is 10.2. The number of amides is 1. The number of nitrogens with one attached hydrogen (secondary N) is 1. The number of para-hydroxylation sites is 2. The van der Waals surface area contributed by atoms with Crippen molar-refractivity contribution >= 4 is 23.4 Å². The first-order valence-corrected chi connectivity index (χ1v) is 10.3. The highest BCUT2D eigenvalue weighted by atomic mass is 32.2. The molecule has 3 aromatic rings. The zero-order chi connectivity index (χ0) is 21.8. The number of methoxy groups -OCH3 is 2. The Morgan fingerprint density at radius 2 is 1.90 bits per heavy atom. The van der Waals surface area contributed by atoms with E-state index in [0.29, 0.717) is 39.7 Å². The molecule has 0 aliphatic carbocycles. The van der Waals surface area contributed by atoms with E-state index in [0.717, 1.165) is 11.8 Å². The SMILES string of the molecule is COc1cc(NC(=O)CSc2nnc([C@@H]3COc4ccccc4O3)n2N)cc(OC)c1. The second-order valence-corrected chi connectivity index (χ2v) is 7.46. The van der Waals surface area contributed by atoms with E-state index in [9.17, 15) is 4.79 Å². The van der Waals surface area contributed by atoms with Crippen LogP contribution >= 0.6 is 11.8 Å². The monoisotopic (exact) mass is 443 g/mol. The van der Waals surface area contributed by atoms with Gasteiger partial charge in [0, 0.05) is 23.9 Å². The third-order valence-electron chi connectivity index (χ3n) is 4.46. The number of rotatable bonds is 7. The molecule has 1 aromatic heterocycles. The van der Waals surface area contributed by atoms with Gasteiger partial charge in [-0.25, -0.2) is 4.68 Å². The van der Waals surface area contributed by atoms with E-state index in [2.05, 4.69) is 15.5 Å². The number of benzene rings is 2. The molecule has 1 amide bonds. The molecule has 1 aliphatic rings. The van der Waals surface area contributed by atoms with Gasteiger partial charge in [0.2, 0.25) is 11.1 Å². The van der Waals surface area contributed by atoms with E-state index < -0.39 is 6.10 Å². The number of hydrogen-bond donors (Lipinski definition) is 2. The first-order chi connectivity index (χ1) is 15.1. The highest BCUT2D eigenvalue weighted by molar-refractivity contribution is 7.99. The number of nitrogen functional groups attached to an aromatic ring is 1. The van der Waals surface area contributed by atoms with Crippen LogP contribution in [0.3, 0.4) is 0 Å². The van der Waals surface area contributed by atoms with Crippen molar-refractivity contribution in [2.45, 2.75) is 11.3 Å². The molecule has 0 saturated carbocycles. The molecular formula is C20H21N5O5S. The van der Waals surface area contributed by atoms with Crippen molar-refractivity contribution < 1.29 is 23.7 Å². The Balaban J connectivity index is 1.38. The van der Waals surface area contributed by atoms with Gasteiger partial charge >= 0.3 is 0 Å². The molecule has 10 nitrogen and oxygen atoms in total. The second-order valence-electron chi connectivity index (χ2n) is 6.51. The normalized spacial score (nSPS) is 14.7. The summed E-state index contributed by atoms with van der Waals surface area (Å²) in [5, 5.41) is 11.4. The van der Waals surface area contributed by atoms with Crippen LogP contribution < -0.4 is 30.1 Å². The first-order valence-electron chi connectivity index (χ1n) is 9.32. The summed E-state index contributed by atoms with van der Waals surface area (Å²) in [7, 11) is 3.09. The predicted molar refractivity (Wildman–Crippen MR) is 114 cm³/mol. The molecule has 11 heteroatoms. The smallest absolute Gasteiger partial charge is 0.234 e. The van der Waals surface area contributed by atoms with Gasteiger partial charge in [-0.15, -0.1) is 10.2 Å². The number of thioether (sulfide) groups is 1. The average molecular weight is 443 g/mol. The van der Waals surface area contributed by atoms with Crippen LogP contribution in [0, 0.1) is 0 Å². The van der Waals surface area contributed by atoms with Gasteiger partial charge in [0.1, 0.15) is 18.1 Å². The third kappa shape index (κ3) is 4.61. The molecule has 31 heavy (non-hydrogen) atoms. The molecule has 0 saturated heterocycles. The minimum Gasteiger partial charge on any atom is -0.497 e. The van der Waals surface area contributed by atoms with Gasteiger partial charge < -0.3 is 30.1 Å². The Labute approximate surface area is 182 Å². The summed E-state index contributed by atoms with van der Waals surface area (Å²) in [5.74, 6) is 8.83. The number of nitrogens with zero attached hydrogens (tertiary/aromatic N) is 3. The first kappa shape index (κ1) is 20.7. The van der Waals surface area contributed by atoms with Gasteiger partial charge in [0.05, 0.1) is 20.0 Å². The highest BCUT2D eigenvalue weighted by Crippen LogP contribution is 2.35. The van der Waals surface area contributed by atoms with E-state index in [1.165, 1.54) is 4.68 Å². The van der Waals surface area contributed by atoms with Crippen LogP contribution in [-0.2, 0) is 4.79 Å². The fourth-order valence-corrected chi connectivity index (χ4v) is 3.62. The lowest BCUT2D eigenvalue weighted by molar-refractivity contribution is -0.113. The molecule has 0 fully saturated rings. The average Bonchev–Trinajstić information content (AvgIpc) is 3.17. The number of ether oxygens (including phenoxy) is 4. The van der Waals surface area contributed by atoms with Gasteiger partial charge in [0.25, 0.3) is 0 Å². The summed E-state index contributed by atoms with van der Waals surface area (Å²) in [6, 6.07) is 12.5. The zero-order valence-corrected chi connectivity index (χ0v) is 17.7. The Morgan fingerprint density at radius 3 is 2.61 bits per heavy atom. The maximum absolute atomic E-state index is 12.4. The van der Waals surface area contributed by atoms with Gasteiger partial charge in [-0.1, -0.05) is 23.9 Å². The fourth-order valence-electron chi connectivity index (χ4n) is 2.96. The number of fused-ring (bicyclic) bond motifs is 1. The van der Waals surface area contributed by atoms with Crippen LogP contribution in [0.15, 0.2) is 47.6 Å². The molecule has 2 heterocycles. The number of hydrogen-bond acceptors (Lipinski definition) is 9. The van der Waals surface area contributed by atoms with Crippen molar-refractivity contribution in [3.63, 3.8) is 0 Å². The maximum atomic E-state index is 12.4. The van der Waals surface area contributed by atoms with Crippen LogP contribution in [0.4, 0.5) is 5.69 Å². The topological polar surface area (TPSA) is 123 Å². The van der Waals surface area contributed by atoms with E-state index >= 15 is 0 Å². The molecule has 3 N–H and O–H groups in total. The summed E-state index contributed by atoms with van der Waals surface area (Å²) >= 11 is 1.16. The van der Waals surface area contributed by atoms with Gasteiger partial charge in [-0.3, -0.25) is 4.79 Å². The van der Waals surface area contributed by atoms with Crippen LogP contribution in [0.5, 0.6) is 23.0 Å². The summed E-state index contributed by atoms with van der Waals surface area (Å²) in [6.07, 6.45) is -0.500. The zero-order valence-electron chi connectivity index (χ0n) is 16.9. The van der Waals surface area contributed by atoms with Crippen molar-refractivity contribution in [1.82, 2.24) is 14.9 Å². The quantitative estimate of drug-likeness (QED) is 0.418. The Bertz CT molecular complexity index is 1070.